The molecule has 4 N–H and O–H groups in total. The first-order chi connectivity index (χ1) is 6.61. The van der Waals surface area contributed by atoms with Crippen molar-refractivity contribution in [2.75, 3.05) is 12.8 Å². The highest BCUT2D eigenvalue weighted by Gasteiger charge is 1.96. The van der Waals surface area contributed by atoms with Gasteiger partial charge in [-0.25, -0.2) is 0 Å². The molecule has 0 radical (unpaired) electrons. The Morgan fingerprint density at radius 1 is 1.43 bits per heavy atom. The van der Waals surface area contributed by atoms with Gasteiger partial charge in [0.15, 0.2) is 0 Å². The van der Waals surface area contributed by atoms with Crippen LogP contribution in [0.3, 0.4) is 0 Å². The zero-order chi connectivity index (χ0) is 10.6. The second kappa shape index (κ2) is 4.19. The summed E-state index contributed by atoms with van der Waals surface area (Å²) in [6, 6.07) is 4.97. The molecule has 0 fully saturated rings. The first-order valence-electron chi connectivity index (χ1n) is 3.88. The maximum atomic E-state index is 10.4. The second-order valence-electron chi connectivity index (χ2n) is 2.61. The van der Waals surface area contributed by atoms with Crippen LogP contribution in [-0.2, 0) is 4.79 Å². The van der Waals surface area contributed by atoms with Gasteiger partial charge in [-0.3, -0.25) is 4.79 Å². The number of hydrogen-bond donors (Lipinski definition) is 2. The summed E-state index contributed by atoms with van der Waals surface area (Å²) in [7, 11) is 1.53. The van der Waals surface area contributed by atoms with Crippen LogP contribution < -0.4 is 16.2 Å². The number of primary amides is 1. The van der Waals surface area contributed by atoms with Crippen LogP contribution in [0.1, 0.15) is 5.56 Å². The van der Waals surface area contributed by atoms with Gasteiger partial charge in [0.05, 0.1) is 7.11 Å². The number of amides is 1. The van der Waals surface area contributed by atoms with Crippen molar-refractivity contribution < 1.29 is 9.53 Å². The zero-order valence-corrected chi connectivity index (χ0v) is 7.70. The largest absolute Gasteiger partial charge is 0.497 e. The van der Waals surface area contributed by atoms with Crippen molar-refractivity contribution in [1.29, 1.82) is 0 Å². The Balaban J connectivity index is 3.05. The van der Waals surface area contributed by atoms with E-state index in [1.54, 1.807) is 18.2 Å². The number of ether oxygens (including phenoxy) is 1. The van der Waals surface area contributed by atoms with Crippen molar-refractivity contribution in [3.05, 3.63) is 23.8 Å². The molecule has 72 valence electrons. The minimum absolute atomic E-state index is 0.526. The molecular formula is C10H10N2O2. The van der Waals surface area contributed by atoms with Gasteiger partial charge in [0.2, 0.25) is 0 Å². The van der Waals surface area contributed by atoms with Gasteiger partial charge in [-0.05, 0) is 18.1 Å². The summed E-state index contributed by atoms with van der Waals surface area (Å²) in [4.78, 5) is 10.4. The molecule has 0 spiro atoms. The van der Waals surface area contributed by atoms with Crippen LogP contribution in [0, 0.1) is 11.8 Å². The molecule has 1 rings (SSSR count). The summed E-state index contributed by atoms with van der Waals surface area (Å²) in [6.07, 6.45) is 0. The van der Waals surface area contributed by atoms with Crippen LogP contribution >= 0.6 is 0 Å². The van der Waals surface area contributed by atoms with E-state index in [0.29, 0.717) is 17.0 Å². The summed E-state index contributed by atoms with van der Waals surface area (Å²) in [5.74, 6) is 4.71. The van der Waals surface area contributed by atoms with Gasteiger partial charge in [-0.2, -0.15) is 0 Å². The molecule has 4 nitrogen and oxygen atoms in total. The molecule has 0 saturated carbocycles. The molecule has 0 unspecified atom stereocenters. The Morgan fingerprint density at radius 2 is 2.14 bits per heavy atom. The number of nitrogens with two attached hydrogens (primary N) is 2. The Kier molecular flexibility index (Phi) is 2.97. The Labute approximate surface area is 81.8 Å². The maximum Gasteiger partial charge on any atom is 0.293 e. The van der Waals surface area contributed by atoms with Gasteiger partial charge in [-0.1, -0.05) is 5.92 Å². The van der Waals surface area contributed by atoms with Crippen molar-refractivity contribution >= 4 is 11.6 Å². The maximum absolute atomic E-state index is 10.4. The topological polar surface area (TPSA) is 78.3 Å². The lowest BCUT2D eigenvalue weighted by Crippen LogP contribution is -2.06. The molecule has 0 aromatic heterocycles. The molecule has 1 aromatic rings. The number of carbonyl (C=O) groups is 1. The fraction of sp³-hybridized carbons (Fsp3) is 0.100. The monoisotopic (exact) mass is 190 g/mol. The van der Waals surface area contributed by atoms with Crippen LogP contribution in [0.5, 0.6) is 5.75 Å². The van der Waals surface area contributed by atoms with E-state index in [1.165, 1.54) is 7.11 Å². The summed E-state index contributed by atoms with van der Waals surface area (Å²) >= 11 is 0. The van der Waals surface area contributed by atoms with Crippen LogP contribution in [0.15, 0.2) is 18.2 Å². The average Bonchev–Trinajstić information content (AvgIpc) is 2.14. The molecular weight excluding hydrogens is 180 g/mol. The van der Waals surface area contributed by atoms with Crippen LogP contribution in [-0.4, -0.2) is 13.0 Å². The third-order valence-electron chi connectivity index (χ3n) is 1.49. The molecule has 0 bridgehead atoms. The van der Waals surface area contributed by atoms with E-state index in [1.807, 2.05) is 0 Å². The molecule has 0 atom stereocenters. The molecule has 1 amide bonds. The first kappa shape index (κ1) is 9.93. The fourth-order valence-electron chi connectivity index (χ4n) is 0.946. The van der Waals surface area contributed by atoms with Gasteiger partial charge in [0.1, 0.15) is 5.75 Å². The minimum Gasteiger partial charge on any atom is -0.497 e. The standard InChI is InChI=1S/C10H10N2O2/c1-14-9-5-7(2-3-10(12)13)4-8(11)6-9/h4-6H,11H2,1H3,(H2,12,13). The Morgan fingerprint density at radius 3 is 2.71 bits per heavy atom. The summed E-state index contributed by atoms with van der Waals surface area (Å²) in [5, 5.41) is 0. The third-order valence-corrected chi connectivity index (χ3v) is 1.49. The van der Waals surface area contributed by atoms with Crippen molar-refractivity contribution in [2.24, 2.45) is 5.73 Å². The SMILES string of the molecule is COc1cc(N)cc(C#CC(N)=O)c1. The third kappa shape index (κ3) is 2.72. The molecule has 1 aromatic carbocycles. The molecule has 14 heavy (non-hydrogen) atoms. The van der Waals surface area contributed by atoms with E-state index in [2.05, 4.69) is 11.8 Å². The predicted molar refractivity (Wildman–Crippen MR) is 53.5 cm³/mol. The van der Waals surface area contributed by atoms with E-state index >= 15 is 0 Å². The lowest BCUT2D eigenvalue weighted by molar-refractivity contribution is -0.112. The number of hydrogen-bond acceptors (Lipinski definition) is 3. The predicted octanol–water partition coefficient (Wildman–Crippen LogP) is 0.114. The molecule has 0 aliphatic rings. The van der Waals surface area contributed by atoms with Crippen molar-refractivity contribution in [1.82, 2.24) is 0 Å². The van der Waals surface area contributed by atoms with Gasteiger partial charge in [0.25, 0.3) is 5.91 Å². The lowest BCUT2D eigenvalue weighted by atomic mass is 10.2. The molecule has 0 saturated heterocycles. The van der Waals surface area contributed by atoms with E-state index in [-0.39, 0.29) is 0 Å². The number of anilines is 1. The highest BCUT2D eigenvalue weighted by Crippen LogP contribution is 2.17. The Bertz CT molecular complexity index is 416. The van der Waals surface area contributed by atoms with E-state index in [4.69, 9.17) is 16.2 Å². The fourth-order valence-corrected chi connectivity index (χ4v) is 0.946. The molecule has 0 aliphatic heterocycles. The molecule has 4 heteroatoms. The zero-order valence-electron chi connectivity index (χ0n) is 7.70. The number of benzene rings is 1. The second-order valence-corrected chi connectivity index (χ2v) is 2.61. The highest BCUT2D eigenvalue weighted by atomic mass is 16.5. The van der Waals surface area contributed by atoms with Crippen molar-refractivity contribution in [3.63, 3.8) is 0 Å². The van der Waals surface area contributed by atoms with Crippen molar-refractivity contribution in [2.45, 2.75) is 0 Å². The van der Waals surface area contributed by atoms with E-state index in [0.717, 1.165) is 0 Å². The highest BCUT2D eigenvalue weighted by molar-refractivity contribution is 5.92. The Hall–Kier alpha value is -2.15. The number of carbonyl (C=O) groups excluding carboxylic acids is 1. The van der Waals surface area contributed by atoms with E-state index in [9.17, 15) is 4.79 Å². The van der Waals surface area contributed by atoms with Gasteiger partial charge in [-0.15, -0.1) is 0 Å². The normalized spacial score (nSPS) is 8.64. The van der Waals surface area contributed by atoms with E-state index < -0.39 is 5.91 Å². The minimum atomic E-state index is -0.675. The lowest BCUT2D eigenvalue weighted by Gasteiger charge is -2.01. The summed E-state index contributed by atoms with van der Waals surface area (Å²) < 4.78 is 4.98. The van der Waals surface area contributed by atoms with Crippen molar-refractivity contribution in [3.8, 4) is 17.6 Å². The molecule has 0 aliphatic carbocycles. The number of nitrogen functional groups attached to an aromatic ring is 1. The van der Waals surface area contributed by atoms with Crippen LogP contribution in [0.25, 0.3) is 0 Å². The molecule has 0 heterocycles. The number of methoxy groups -OCH3 is 1. The quantitative estimate of drug-likeness (QED) is 0.487. The number of rotatable bonds is 1. The van der Waals surface area contributed by atoms with Crippen LogP contribution in [0.4, 0.5) is 5.69 Å². The summed E-state index contributed by atoms with van der Waals surface area (Å²) in [6.45, 7) is 0. The first-order valence-corrected chi connectivity index (χ1v) is 3.88. The van der Waals surface area contributed by atoms with Gasteiger partial charge >= 0.3 is 0 Å². The summed E-state index contributed by atoms with van der Waals surface area (Å²) in [5.41, 5.74) is 11.6. The van der Waals surface area contributed by atoms with Crippen LogP contribution in [0.2, 0.25) is 0 Å². The van der Waals surface area contributed by atoms with Gasteiger partial charge in [0, 0.05) is 17.3 Å². The average molecular weight is 190 g/mol. The van der Waals surface area contributed by atoms with Gasteiger partial charge < -0.3 is 16.2 Å². The smallest absolute Gasteiger partial charge is 0.293 e.